The Hall–Kier alpha value is -1.05. The second-order valence-corrected chi connectivity index (χ2v) is 4.23. The third kappa shape index (κ3) is 2.06. The van der Waals surface area contributed by atoms with Gasteiger partial charge in [0.25, 0.3) is 0 Å². The van der Waals surface area contributed by atoms with Gasteiger partial charge in [0.1, 0.15) is 5.82 Å². The number of aryl methyl sites for hydroxylation is 1. The van der Waals surface area contributed by atoms with Crippen molar-refractivity contribution in [1.29, 1.82) is 0 Å². The van der Waals surface area contributed by atoms with Crippen molar-refractivity contribution in [2.45, 2.75) is 32.7 Å². The first-order valence-corrected chi connectivity index (χ1v) is 5.19. The second-order valence-electron chi connectivity index (χ2n) is 4.23. The van der Waals surface area contributed by atoms with Gasteiger partial charge in [0.15, 0.2) is 0 Å². The van der Waals surface area contributed by atoms with Crippen LogP contribution >= 0.6 is 0 Å². The Labute approximate surface area is 84.3 Å². The summed E-state index contributed by atoms with van der Waals surface area (Å²) in [7, 11) is 0. The minimum absolute atomic E-state index is 0.127. The van der Waals surface area contributed by atoms with Crippen LogP contribution in [-0.4, -0.2) is 6.04 Å². The summed E-state index contributed by atoms with van der Waals surface area (Å²) in [6.07, 6.45) is 2.62. The smallest absolute Gasteiger partial charge is 0.128 e. The molecule has 0 spiro atoms. The first kappa shape index (κ1) is 9.50. The molecule has 1 saturated carbocycles. The number of rotatable bonds is 3. The Balaban J connectivity index is 2.04. The second kappa shape index (κ2) is 3.60. The van der Waals surface area contributed by atoms with Gasteiger partial charge in [-0.15, -0.1) is 0 Å². The Morgan fingerprint density at radius 1 is 1.43 bits per heavy atom. The molecule has 76 valence electrons. The van der Waals surface area contributed by atoms with E-state index < -0.39 is 0 Å². The lowest BCUT2D eigenvalue weighted by Crippen LogP contribution is -2.17. The van der Waals surface area contributed by atoms with Gasteiger partial charge in [0.05, 0.1) is 0 Å². The van der Waals surface area contributed by atoms with Crippen LogP contribution in [0.2, 0.25) is 0 Å². The standard InChI is InChI=1S/C12H16FN/c1-8-3-6-11(7-12(8)13)14-9(2)10-4-5-10/h3,6-7,9-10,14H,4-5H2,1-2H3/t9-/m0/s1. The Kier molecular flexibility index (Phi) is 2.44. The van der Waals surface area contributed by atoms with Crippen LogP contribution in [0.1, 0.15) is 25.3 Å². The quantitative estimate of drug-likeness (QED) is 0.776. The number of anilines is 1. The number of benzene rings is 1. The first-order chi connectivity index (χ1) is 6.66. The minimum Gasteiger partial charge on any atom is -0.382 e. The summed E-state index contributed by atoms with van der Waals surface area (Å²) < 4.78 is 13.2. The van der Waals surface area contributed by atoms with Gasteiger partial charge in [0.2, 0.25) is 0 Å². The molecule has 0 aliphatic heterocycles. The predicted octanol–water partition coefficient (Wildman–Crippen LogP) is 3.34. The molecule has 1 atom stereocenters. The van der Waals surface area contributed by atoms with Gasteiger partial charge >= 0.3 is 0 Å². The molecule has 14 heavy (non-hydrogen) atoms. The fourth-order valence-corrected chi connectivity index (χ4v) is 1.66. The molecule has 0 unspecified atom stereocenters. The van der Waals surface area contributed by atoms with Crippen molar-refractivity contribution in [3.05, 3.63) is 29.6 Å². The van der Waals surface area contributed by atoms with E-state index in [1.807, 2.05) is 12.1 Å². The van der Waals surface area contributed by atoms with E-state index >= 15 is 0 Å². The maximum Gasteiger partial charge on any atom is 0.128 e. The van der Waals surface area contributed by atoms with Crippen LogP contribution in [0.25, 0.3) is 0 Å². The Morgan fingerprint density at radius 2 is 2.14 bits per heavy atom. The van der Waals surface area contributed by atoms with Gasteiger partial charge in [-0.3, -0.25) is 0 Å². The van der Waals surface area contributed by atoms with E-state index in [0.717, 1.165) is 11.6 Å². The van der Waals surface area contributed by atoms with Crippen molar-refractivity contribution in [2.24, 2.45) is 5.92 Å². The van der Waals surface area contributed by atoms with E-state index in [0.29, 0.717) is 11.6 Å². The summed E-state index contributed by atoms with van der Waals surface area (Å²) in [6.45, 7) is 3.94. The number of hydrogen-bond donors (Lipinski definition) is 1. The number of halogens is 1. The zero-order valence-electron chi connectivity index (χ0n) is 8.68. The van der Waals surface area contributed by atoms with Gasteiger partial charge in [-0.2, -0.15) is 0 Å². The van der Waals surface area contributed by atoms with Gasteiger partial charge in [-0.25, -0.2) is 4.39 Å². The minimum atomic E-state index is -0.127. The fraction of sp³-hybridized carbons (Fsp3) is 0.500. The third-order valence-electron chi connectivity index (χ3n) is 2.90. The monoisotopic (exact) mass is 193 g/mol. The van der Waals surface area contributed by atoms with Crippen molar-refractivity contribution in [2.75, 3.05) is 5.32 Å². The van der Waals surface area contributed by atoms with Crippen molar-refractivity contribution in [3.63, 3.8) is 0 Å². The lowest BCUT2D eigenvalue weighted by atomic mass is 10.1. The summed E-state index contributed by atoms with van der Waals surface area (Å²) in [6, 6.07) is 5.81. The molecule has 1 aliphatic carbocycles. The summed E-state index contributed by atoms with van der Waals surface area (Å²) in [4.78, 5) is 0. The average Bonchev–Trinajstić information content (AvgIpc) is 2.94. The Morgan fingerprint density at radius 3 is 2.71 bits per heavy atom. The molecule has 0 heterocycles. The van der Waals surface area contributed by atoms with Crippen molar-refractivity contribution in [1.82, 2.24) is 0 Å². The average molecular weight is 193 g/mol. The van der Waals surface area contributed by atoms with Crippen LogP contribution in [0.5, 0.6) is 0 Å². The fourth-order valence-electron chi connectivity index (χ4n) is 1.66. The van der Waals surface area contributed by atoms with Crippen LogP contribution in [0.15, 0.2) is 18.2 Å². The van der Waals surface area contributed by atoms with Crippen LogP contribution < -0.4 is 5.32 Å². The SMILES string of the molecule is Cc1ccc(N[C@@H](C)C2CC2)cc1F. The number of nitrogens with one attached hydrogen (secondary N) is 1. The first-order valence-electron chi connectivity index (χ1n) is 5.19. The van der Waals surface area contributed by atoms with Crippen LogP contribution in [0.3, 0.4) is 0 Å². The molecule has 1 aromatic carbocycles. The van der Waals surface area contributed by atoms with Gasteiger partial charge < -0.3 is 5.32 Å². The van der Waals surface area contributed by atoms with E-state index in [1.54, 1.807) is 13.0 Å². The summed E-state index contributed by atoms with van der Waals surface area (Å²) in [5, 5.41) is 3.33. The summed E-state index contributed by atoms with van der Waals surface area (Å²) in [5.74, 6) is 0.664. The number of hydrogen-bond acceptors (Lipinski definition) is 1. The zero-order chi connectivity index (χ0) is 10.1. The molecule has 0 bridgehead atoms. The molecular formula is C12H16FN. The molecule has 0 aromatic heterocycles. The largest absolute Gasteiger partial charge is 0.382 e. The van der Waals surface area contributed by atoms with E-state index in [9.17, 15) is 4.39 Å². The molecule has 1 aromatic rings. The molecule has 2 heteroatoms. The maximum atomic E-state index is 13.2. The van der Waals surface area contributed by atoms with Crippen molar-refractivity contribution in [3.8, 4) is 0 Å². The van der Waals surface area contributed by atoms with Gasteiger partial charge in [-0.1, -0.05) is 6.07 Å². The van der Waals surface area contributed by atoms with Crippen LogP contribution in [0.4, 0.5) is 10.1 Å². The van der Waals surface area contributed by atoms with Crippen LogP contribution in [0, 0.1) is 18.7 Å². The summed E-state index contributed by atoms with van der Waals surface area (Å²) >= 11 is 0. The molecule has 1 nitrogen and oxygen atoms in total. The molecule has 0 radical (unpaired) electrons. The molecule has 1 N–H and O–H groups in total. The highest BCUT2D eigenvalue weighted by atomic mass is 19.1. The van der Waals surface area contributed by atoms with Gasteiger partial charge in [0, 0.05) is 11.7 Å². The Bertz CT molecular complexity index is 331. The molecule has 0 saturated heterocycles. The molecule has 2 rings (SSSR count). The lowest BCUT2D eigenvalue weighted by Gasteiger charge is -2.14. The normalized spacial score (nSPS) is 17.9. The molecule has 0 amide bonds. The lowest BCUT2D eigenvalue weighted by molar-refractivity contribution is 0.617. The van der Waals surface area contributed by atoms with E-state index in [4.69, 9.17) is 0 Å². The van der Waals surface area contributed by atoms with E-state index in [-0.39, 0.29) is 5.82 Å². The van der Waals surface area contributed by atoms with E-state index in [2.05, 4.69) is 12.2 Å². The molecule has 1 fully saturated rings. The topological polar surface area (TPSA) is 12.0 Å². The highest BCUT2D eigenvalue weighted by Gasteiger charge is 2.27. The highest BCUT2D eigenvalue weighted by molar-refractivity contribution is 5.46. The maximum absolute atomic E-state index is 13.2. The van der Waals surface area contributed by atoms with Crippen LogP contribution in [-0.2, 0) is 0 Å². The van der Waals surface area contributed by atoms with E-state index in [1.165, 1.54) is 12.8 Å². The highest BCUT2D eigenvalue weighted by Crippen LogP contribution is 2.34. The molecular weight excluding hydrogens is 177 g/mol. The third-order valence-corrected chi connectivity index (χ3v) is 2.90. The predicted molar refractivity (Wildman–Crippen MR) is 56.9 cm³/mol. The summed E-state index contributed by atoms with van der Waals surface area (Å²) in [5.41, 5.74) is 1.60. The van der Waals surface area contributed by atoms with Gasteiger partial charge in [-0.05, 0) is 50.3 Å². The van der Waals surface area contributed by atoms with Crippen molar-refractivity contribution < 1.29 is 4.39 Å². The zero-order valence-corrected chi connectivity index (χ0v) is 8.68. The molecule has 1 aliphatic rings. The van der Waals surface area contributed by atoms with Crippen molar-refractivity contribution >= 4 is 5.69 Å².